The average molecular weight is 194 g/mol. The second kappa shape index (κ2) is 2.99. The molecule has 0 aliphatic heterocycles. The average Bonchev–Trinajstić information content (AvgIpc) is 2.55. The molecule has 0 bridgehead atoms. The van der Waals surface area contributed by atoms with Crippen molar-refractivity contribution in [3.8, 4) is 0 Å². The number of fused-ring (bicyclic) bond motifs is 1. The Balaban J connectivity index is 2.61. The van der Waals surface area contributed by atoms with E-state index in [0.717, 1.165) is 0 Å². The summed E-state index contributed by atoms with van der Waals surface area (Å²) in [6.45, 7) is 0. The van der Waals surface area contributed by atoms with Gasteiger partial charge < -0.3 is 9.97 Å². The fourth-order valence-electron chi connectivity index (χ4n) is 1.24. The van der Waals surface area contributed by atoms with Gasteiger partial charge in [0.25, 0.3) is 4.92 Å². The SMILES string of the molecule is CO[N+](=O)c1ccc2[nH]c(=O)[nH]c2c1. The van der Waals surface area contributed by atoms with E-state index in [2.05, 4.69) is 14.8 Å². The molecule has 1 aromatic carbocycles. The molecule has 6 heteroatoms. The van der Waals surface area contributed by atoms with E-state index in [1.54, 1.807) is 12.1 Å². The lowest BCUT2D eigenvalue weighted by Crippen LogP contribution is -1.99. The molecule has 72 valence electrons. The van der Waals surface area contributed by atoms with Crippen LogP contribution in [0.4, 0.5) is 5.69 Å². The van der Waals surface area contributed by atoms with Crippen LogP contribution in [0.25, 0.3) is 11.0 Å². The molecule has 0 aliphatic rings. The van der Waals surface area contributed by atoms with E-state index in [-0.39, 0.29) is 5.69 Å². The molecule has 0 atom stereocenters. The summed E-state index contributed by atoms with van der Waals surface area (Å²) < 4.78 is 0. The maximum atomic E-state index is 11.1. The van der Waals surface area contributed by atoms with Gasteiger partial charge in [0.15, 0.2) is 7.11 Å². The van der Waals surface area contributed by atoms with E-state index in [9.17, 15) is 9.70 Å². The lowest BCUT2D eigenvalue weighted by atomic mass is 10.3. The number of rotatable bonds is 2. The van der Waals surface area contributed by atoms with Crippen LogP contribution in [0.15, 0.2) is 23.0 Å². The maximum Gasteiger partial charge on any atom is 0.323 e. The highest BCUT2D eigenvalue weighted by molar-refractivity contribution is 5.76. The van der Waals surface area contributed by atoms with Gasteiger partial charge in [0, 0.05) is 12.1 Å². The molecule has 2 rings (SSSR count). The van der Waals surface area contributed by atoms with Crippen molar-refractivity contribution in [1.29, 1.82) is 0 Å². The van der Waals surface area contributed by atoms with Gasteiger partial charge in [-0.05, 0) is 6.07 Å². The first-order valence-electron chi connectivity index (χ1n) is 3.94. The standard InChI is InChI=1S/C8H7N3O3/c1-14-11(13)5-2-3-6-7(4-5)10-8(12)9-6/h2-4H,1H3,(H-,9,10,12,13)/p+1. The van der Waals surface area contributed by atoms with Gasteiger partial charge in [-0.25, -0.2) is 9.63 Å². The van der Waals surface area contributed by atoms with Crippen molar-refractivity contribution >= 4 is 16.7 Å². The van der Waals surface area contributed by atoms with Gasteiger partial charge in [-0.2, -0.15) is 0 Å². The molecule has 0 radical (unpaired) electrons. The predicted molar refractivity (Wildman–Crippen MR) is 49.2 cm³/mol. The topological polar surface area (TPSA) is 78.0 Å². The third-order valence-electron chi connectivity index (χ3n) is 1.88. The molecule has 0 amide bonds. The van der Waals surface area contributed by atoms with Crippen molar-refractivity contribution in [1.82, 2.24) is 9.97 Å². The van der Waals surface area contributed by atoms with Crippen molar-refractivity contribution in [2.75, 3.05) is 7.11 Å². The summed E-state index contributed by atoms with van der Waals surface area (Å²) in [4.78, 5) is 31.9. The van der Waals surface area contributed by atoms with E-state index in [1.807, 2.05) is 0 Å². The van der Waals surface area contributed by atoms with Gasteiger partial charge in [0.1, 0.15) is 0 Å². The molecular weight excluding hydrogens is 186 g/mol. The van der Waals surface area contributed by atoms with E-state index in [4.69, 9.17) is 0 Å². The zero-order chi connectivity index (χ0) is 10.1. The van der Waals surface area contributed by atoms with Crippen LogP contribution in [-0.2, 0) is 4.84 Å². The molecular formula is C8H8N3O3+. The Bertz CT molecular complexity index is 540. The van der Waals surface area contributed by atoms with Gasteiger partial charge in [-0.3, -0.25) is 0 Å². The molecule has 0 fully saturated rings. The van der Waals surface area contributed by atoms with Crippen molar-refractivity contribution in [3.63, 3.8) is 0 Å². The monoisotopic (exact) mass is 194 g/mol. The number of H-pyrrole nitrogens is 2. The van der Waals surface area contributed by atoms with Crippen LogP contribution < -0.4 is 5.69 Å². The minimum absolute atomic E-state index is 0.299. The van der Waals surface area contributed by atoms with Gasteiger partial charge in [0.05, 0.1) is 15.9 Å². The summed E-state index contributed by atoms with van der Waals surface area (Å²) in [5.41, 5.74) is 1.26. The van der Waals surface area contributed by atoms with Crippen LogP contribution in [0.5, 0.6) is 0 Å². The molecule has 2 N–H and O–H groups in total. The van der Waals surface area contributed by atoms with Crippen LogP contribution in [-0.4, -0.2) is 22.0 Å². The normalized spacial score (nSPS) is 10.4. The second-order valence-electron chi connectivity index (χ2n) is 2.75. The second-order valence-corrected chi connectivity index (χ2v) is 2.75. The summed E-state index contributed by atoms with van der Waals surface area (Å²) in [6.07, 6.45) is 0. The zero-order valence-corrected chi connectivity index (χ0v) is 7.40. The molecule has 1 aromatic heterocycles. The number of aromatic amines is 2. The molecule has 0 unspecified atom stereocenters. The largest absolute Gasteiger partial charge is 0.323 e. The molecule has 0 spiro atoms. The van der Waals surface area contributed by atoms with Crippen LogP contribution >= 0.6 is 0 Å². The first-order valence-corrected chi connectivity index (χ1v) is 3.94. The molecule has 1 heterocycles. The Morgan fingerprint density at radius 1 is 1.29 bits per heavy atom. The Labute approximate surface area is 78.0 Å². The van der Waals surface area contributed by atoms with Gasteiger partial charge in [-0.15, -0.1) is 0 Å². The summed E-state index contributed by atoms with van der Waals surface area (Å²) >= 11 is 0. The molecule has 0 saturated carbocycles. The Kier molecular flexibility index (Phi) is 1.81. The van der Waals surface area contributed by atoms with E-state index in [0.29, 0.717) is 21.6 Å². The fourth-order valence-corrected chi connectivity index (χ4v) is 1.24. The van der Waals surface area contributed by atoms with E-state index >= 15 is 0 Å². The van der Waals surface area contributed by atoms with Crippen LogP contribution in [0.2, 0.25) is 0 Å². The van der Waals surface area contributed by atoms with E-state index in [1.165, 1.54) is 13.2 Å². The first kappa shape index (κ1) is 8.49. The van der Waals surface area contributed by atoms with Gasteiger partial charge in [-0.1, -0.05) is 0 Å². The lowest BCUT2D eigenvalue weighted by Gasteiger charge is -1.88. The highest BCUT2D eigenvalue weighted by Crippen LogP contribution is 2.16. The number of nitrogens with one attached hydrogen (secondary N) is 2. The number of nitrogens with zero attached hydrogens (tertiary/aromatic N) is 1. The summed E-state index contributed by atoms with van der Waals surface area (Å²) in [7, 11) is 1.27. The molecule has 0 aliphatic carbocycles. The van der Waals surface area contributed by atoms with Crippen LogP contribution in [0, 0.1) is 4.91 Å². The Morgan fingerprint density at radius 3 is 2.71 bits per heavy atom. The predicted octanol–water partition coefficient (Wildman–Crippen LogP) is 0.828. The zero-order valence-electron chi connectivity index (χ0n) is 7.40. The molecule has 6 nitrogen and oxygen atoms in total. The molecule has 0 saturated heterocycles. The molecule has 14 heavy (non-hydrogen) atoms. The van der Waals surface area contributed by atoms with Crippen molar-refractivity contribution in [2.45, 2.75) is 0 Å². The first-order chi connectivity index (χ1) is 6.70. The summed E-state index contributed by atoms with van der Waals surface area (Å²) in [5.74, 6) is 0. The van der Waals surface area contributed by atoms with Crippen molar-refractivity contribution in [3.05, 3.63) is 33.6 Å². The lowest BCUT2D eigenvalue weighted by molar-refractivity contribution is -0.736. The highest BCUT2D eigenvalue weighted by atomic mass is 16.8. The minimum atomic E-state index is -0.299. The number of imidazole rings is 1. The van der Waals surface area contributed by atoms with E-state index < -0.39 is 0 Å². The van der Waals surface area contributed by atoms with Crippen LogP contribution in [0.3, 0.4) is 0 Å². The quantitative estimate of drug-likeness (QED) is 0.695. The fraction of sp³-hybridized carbons (Fsp3) is 0.125. The number of hydrogen-bond acceptors (Lipinski definition) is 3. The van der Waals surface area contributed by atoms with Crippen molar-refractivity contribution < 1.29 is 9.76 Å². The van der Waals surface area contributed by atoms with Gasteiger partial charge >= 0.3 is 11.4 Å². The third kappa shape index (κ3) is 1.26. The number of hydrogen-bond donors (Lipinski definition) is 2. The maximum absolute atomic E-state index is 11.1. The minimum Gasteiger partial charge on any atom is -0.306 e. The smallest absolute Gasteiger partial charge is 0.306 e. The Morgan fingerprint density at radius 2 is 2.00 bits per heavy atom. The number of aromatic nitrogens is 2. The molecule has 2 aromatic rings. The number of benzene rings is 1. The summed E-state index contributed by atoms with van der Waals surface area (Å²) in [6, 6.07) is 4.72. The highest BCUT2D eigenvalue weighted by Gasteiger charge is 2.14. The van der Waals surface area contributed by atoms with Crippen LogP contribution in [0.1, 0.15) is 0 Å². The van der Waals surface area contributed by atoms with Gasteiger partial charge in [0.2, 0.25) is 0 Å². The third-order valence-corrected chi connectivity index (χ3v) is 1.88. The summed E-state index contributed by atoms with van der Waals surface area (Å²) in [5, 5.41) is 0. The van der Waals surface area contributed by atoms with Crippen molar-refractivity contribution in [2.24, 2.45) is 0 Å². The Hall–Kier alpha value is -2.11.